The van der Waals surface area contributed by atoms with Gasteiger partial charge in [-0.25, -0.2) is 25.3 Å². The zero-order chi connectivity index (χ0) is 52.3. The van der Waals surface area contributed by atoms with Crippen LogP contribution in [0.15, 0.2) is 107 Å². The molecule has 71 heavy (non-hydrogen) atoms. The molecule has 2 aliphatic rings. The summed E-state index contributed by atoms with van der Waals surface area (Å²) < 4.78 is 121. The van der Waals surface area contributed by atoms with Gasteiger partial charge in [0.05, 0.1) is 31.9 Å². The minimum absolute atomic E-state index is 0.00803. The Morgan fingerprint density at radius 1 is 0.704 bits per heavy atom. The number of hydrogen-bond donors (Lipinski definition) is 0. The Kier molecular flexibility index (Phi) is 17.2. The predicted molar refractivity (Wildman–Crippen MR) is 278 cm³/mol. The number of fused-ring (bicyclic) bond motifs is 6. The maximum Gasteiger partial charge on any atom is 0.293 e. The first-order valence-corrected chi connectivity index (χ1v) is 28.8. The number of rotatable bonds is 23. The molecule has 0 bridgehead atoms. The third-order valence-electron chi connectivity index (χ3n) is 14.3. The Labute approximate surface area is 421 Å². The number of benzene rings is 4. The molecule has 4 aromatic carbocycles. The summed E-state index contributed by atoms with van der Waals surface area (Å²) in [5.41, 5.74) is 4.88. The Hall–Kier alpha value is -4.97. The normalized spacial score (nSPS) is 19.8. The first-order valence-electron chi connectivity index (χ1n) is 24.5. The summed E-state index contributed by atoms with van der Waals surface area (Å²) in [6, 6.07) is 13.7. The molecule has 3 atom stereocenters. The number of hydrogen-bond acceptors (Lipinski definition) is 12. The van der Waals surface area contributed by atoms with E-state index in [1.54, 1.807) is 25.1 Å². The number of anilines is 1. The fourth-order valence-electron chi connectivity index (χ4n) is 10.5. The Balaban J connectivity index is 1.45. The van der Waals surface area contributed by atoms with E-state index in [9.17, 15) is 43.7 Å². The van der Waals surface area contributed by atoms with E-state index in [0.717, 1.165) is 71.4 Å². The molecule has 0 aliphatic carbocycles. The lowest BCUT2D eigenvalue weighted by molar-refractivity contribution is -0.438. The van der Waals surface area contributed by atoms with Crippen molar-refractivity contribution in [2.75, 3.05) is 24.6 Å². The molecule has 4 aromatic rings. The molecule has 6 rings (SSSR count). The van der Waals surface area contributed by atoms with Crippen molar-refractivity contribution < 1.29 is 53.0 Å². The average molecular weight is 1030 g/mol. The fraction of sp³-hybridized carbons (Fsp3) is 0.455. The van der Waals surface area contributed by atoms with Crippen molar-refractivity contribution in [3.8, 4) is 0 Å². The van der Waals surface area contributed by atoms with Gasteiger partial charge < -0.3 is 23.3 Å². The van der Waals surface area contributed by atoms with Crippen LogP contribution in [0, 0.1) is 25.7 Å². The van der Waals surface area contributed by atoms with Gasteiger partial charge in [-0.05, 0) is 155 Å². The largest absolute Gasteiger partial charge is 0.748 e. The lowest BCUT2D eigenvalue weighted by atomic mass is 9.73. The van der Waals surface area contributed by atoms with Crippen LogP contribution >= 0.6 is 0 Å². The molecule has 0 radical (unpaired) electrons. The third kappa shape index (κ3) is 12.0. The molecule has 0 N–H and O–H groups in total. The second-order valence-electron chi connectivity index (χ2n) is 20.5. The van der Waals surface area contributed by atoms with E-state index < -0.39 is 46.4 Å². The quantitative estimate of drug-likeness (QED) is 0.0224. The van der Waals surface area contributed by atoms with Gasteiger partial charge in [-0.2, -0.15) is 4.58 Å². The maximum absolute atomic E-state index is 12.9. The van der Waals surface area contributed by atoms with Crippen molar-refractivity contribution in [2.24, 2.45) is 11.8 Å². The molecule has 16 heteroatoms. The summed E-state index contributed by atoms with van der Waals surface area (Å²) >= 11 is 0. The molecule has 0 saturated carbocycles. The molecular weight excluding hydrogens is 961 g/mol. The minimum Gasteiger partial charge on any atom is -0.748 e. The van der Waals surface area contributed by atoms with Crippen molar-refractivity contribution in [3.63, 3.8) is 0 Å². The predicted octanol–water partition coefficient (Wildman–Crippen LogP) is 10.6. The van der Waals surface area contributed by atoms with Gasteiger partial charge in [-0.1, -0.05) is 76.3 Å². The summed E-state index contributed by atoms with van der Waals surface area (Å²) in [6.45, 7) is 19.7. The highest BCUT2D eigenvalue weighted by Gasteiger charge is 2.49. The van der Waals surface area contributed by atoms with E-state index in [4.69, 9.17) is 4.74 Å². The smallest absolute Gasteiger partial charge is 0.293 e. The molecule has 0 aromatic heterocycles. The minimum atomic E-state index is -4.95. The van der Waals surface area contributed by atoms with Crippen molar-refractivity contribution >= 4 is 75.5 Å². The second-order valence-corrected chi connectivity index (χ2v) is 25.0. The number of carbonyl (C=O) groups excluding carboxylic acids is 1. The average Bonchev–Trinajstić information content (AvgIpc) is 3.66. The van der Waals surface area contributed by atoms with Crippen LogP contribution in [-0.4, -0.2) is 80.6 Å². The van der Waals surface area contributed by atoms with Crippen molar-refractivity contribution in [1.82, 2.24) is 0 Å². The summed E-state index contributed by atoms with van der Waals surface area (Å²) in [6.07, 6.45) is 18.4. The number of nitrogens with zero attached hydrogens (tertiary/aromatic N) is 2. The van der Waals surface area contributed by atoms with E-state index in [1.165, 1.54) is 19.1 Å². The molecule has 0 fully saturated rings. The van der Waals surface area contributed by atoms with Crippen LogP contribution in [0.3, 0.4) is 0 Å². The summed E-state index contributed by atoms with van der Waals surface area (Å²) in [5, 5.41) is 0.801. The first-order chi connectivity index (χ1) is 33.2. The van der Waals surface area contributed by atoms with Crippen molar-refractivity contribution in [2.45, 2.75) is 140 Å². The van der Waals surface area contributed by atoms with Crippen molar-refractivity contribution in [3.05, 3.63) is 119 Å². The van der Waals surface area contributed by atoms with Gasteiger partial charge in [0.25, 0.3) is 6.47 Å². The molecule has 384 valence electrons. The van der Waals surface area contributed by atoms with Crippen LogP contribution in [0.4, 0.5) is 11.4 Å². The van der Waals surface area contributed by atoms with E-state index >= 15 is 0 Å². The lowest BCUT2D eigenvalue weighted by Crippen LogP contribution is -2.32. The topological polar surface area (TPSA) is 204 Å². The Morgan fingerprint density at radius 2 is 1.37 bits per heavy atom. The number of carbonyl (C=O) groups is 1. The first kappa shape index (κ1) is 55.3. The van der Waals surface area contributed by atoms with Gasteiger partial charge in [0, 0.05) is 58.1 Å². The van der Waals surface area contributed by atoms with E-state index in [2.05, 4.69) is 50.2 Å². The van der Waals surface area contributed by atoms with Gasteiger partial charge in [0.1, 0.15) is 26.8 Å². The standard InChI is InChI=1S/C55H70N2O11S3/c1-37(2)25-28-54(8)49(56(30-16-13-17-32-68-36-58)45-24-23-43-44(52(45)54)33-39(5)34-48(43)71(65,66)67)21-14-11-10-12-15-22-50-55(9,29-26-41(7)69(59,60)61)53-46(57(50)31-27-38(3)4)35-40(6)42-19-18-20-47(51(42)53)70(62,63)64/h10-12,14-15,18-24,33-38,41H,13,16-17,25-32H2,1-9H3,(H2-,59,60,61,62,63,64,65,66,67)/p-2. The molecule has 2 heterocycles. The number of allylic oxidation sites excluding steroid dienone is 8. The monoisotopic (exact) mass is 1030 g/mol. The fourth-order valence-corrected chi connectivity index (χ4v) is 12.4. The highest BCUT2D eigenvalue weighted by atomic mass is 32.2. The second kappa shape index (κ2) is 22.0. The third-order valence-corrected chi connectivity index (χ3v) is 17.3. The van der Waals surface area contributed by atoms with Crippen LogP contribution < -0.4 is 4.90 Å². The van der Waals surface area contributed by atoms with E-state index in [-0.39, 0.29) is 22.6 Å². The van der Waals surface area contributed by atoms with Crippen LogP contribution in [0.5, 0.6) is 0 Å². The molecule has 0 spiro atoms. The van der Waals surface area contributed by atoms with Gasteiger partial charge in [-0.15, -0.1) is 0 Å². The Morgan fingerprint density at radius 3 is 2.01 bits per heavy atom. The molecule has 0 saturated heterocycles. The summed E-state index contributed by atoms with van der Waals surface area (Å²) in [5.74, 6) is 0.664. The van der Waals surface area contributed by atoms with Gasteiger partial charge in [0.2, 0.25) is 5.69 Å². The van der Waals surface area contributed by atoms with Crippen LogP contribution in [0.25, 0.3) is 21.5 Å². The van der Waals surface area contributed by atoms with Gasteiger partial charge >= 0.3 is 0 Å². The number of ether oxygens (including phenoxy) is 1. The van der Waals surface area contributed by atoms with Crippen LogP contribution in [0.1, 0.15) is 122 Å². The molecule has 2 aliphatic heterocycles. The highest BCUT2D eigenvalue weighted by molar-refractivity contribution is 7.86. The van der Waals surface area contributed by atoms with E-state index in [0.29, 0.717) is 71.7 Å². The zero-order valence-corrected chi connectivity index (χ0v) is 44.8. The number of unbranched alkanes of at least 4 members (excludes halogenated alkanes) is 2. The highest BCUT2D eigenvalue weighted by Crippen LogP contribution is 2.55. The SMILES string of the molecule is Cc1cc(S(=O)(=O)[O-])c2ccc3c(c2c1)C(C)(CCC(C)C)C(/C=C/C=C/C=C/C=C1/N(CCC(C)C)c2cc(C)c4cccc(S(=O)(=O)[O-])c4c2C1(C)CCC(C)S(=O)(=O)[O-])=[N+]3CCCCCOC=O. The molecular formula is C55H68N2O11S3-2. The Bertz CT molecular complexity index is 3190. The maximum atomic E-state index is 12.9. The molecule has 13 nitrogen and oxygen atoms in total. The van der Waals surface area contributed by atoms with Crippen molar-refractivity contribution in [1.29, 1.82) is 0 Å². The summed E-state index contributed by atoms with van der Waals surface area (Å²) in [7, 11) is -14.4. The van der Waals surface area contributed by atoms with Crippen LogP contribution in [-0.2, 0) is 50.7 Å². The molecule has 3 unspecified atom stereocenters. The zero-order valence-electron chi connectivity index (χ0n) is 42.4. The van der Waals surface area contributed by atoms with Crippen LogP contribution in [0.2, 0.25) is 0 Å². The van der Waals surface area contributed by atoms with Gasteiger partial charge in [0.15, 0.2) is 5.71 Å². The summed E-state index contributed by atoms with van der Waals surface area (Å²) in [4.78, 5) is 12.3. The number of aryl methyl sites for hydroxylation is 2. The lowest BCUT2D eigenvalue weighted by Gasteiger charge is -2.32. The van der Waals surface area contributed by atoms with Gasteiger partial charge in [-0.3, -0.25) is 4.79 Å². The van der Waals surface area contributed by atoms with E-state index in [1.807, 2.05) is 68.5 Å². The molecule has 0 amide bonds.